The molecule has 408 valence electrons. The Morgan fingerprint density at radius 2 is 1.26 bits per heavy atom. The van der Waals surface area contributed by atoms with E-state index in [4.69, 9.17) is 18.4 Å². The Morgan fingerprint density at radius 3 is 1.91 bits per heavy atom. The van der Waals surface area contributed by atoms with Gasteiger partial charge in [-0.15, -0.1) is 0 Å². The molecule has 5 atom stereocenters. The first-order valence-corrected chi connectivity index (χ1v) is 30.8. The van der Waals surface area contributed by atoms with E-state index < -0.39 is 54.6 Å². The average molecular weight is 1130 g/mol. The molecule has 0 spiro atoms. The van der Waals surface area contributed by atoms with Crippen LogP contribution >= 0.6 is 21.6 Å². The van der Waals surface area contributed by atoms with Gasteiger partial charge in [0.1, 0.15) is 24.2 Å². The van der Waals surface area contributed by atoms with E-state index in [0.717, 1.165) is 55.1 Å². The zero-order valence-corrected chi connectivity index (χ0v) is 46.6. The predicted molar refractivity (Wildman–Crippen MR) is 296 cm³/mol. The number of nitrogens with one attached hydrogen (secondary N) is 1. The van der Waals surface area contributed by atoms with Crippen molar-refractivity contribution >= 4 is 82.4 Å². The summed E-state index contributed by atoms with van der Waals surface area (Å²) in [7, 11) is -2.59. The number of fused-ring (bicyclic) bond motifs is 8. The number of nitrogens with zero attached hydrogens (tertiary/aromatic N) is 2. The van der Waals surface area contributed by atoms with Crippen LogP contribution in [0.3, 0.4) is 0 Å². The summed E-state index contributed by atoms with van der Waals surface area (Å²) in [6.45, 7) is 3.32. The Bertz CT molecular complexity index is 3330. The lowest BCUT2D eigenvalue weighted by molar-refractivity contribution is -0.118. The SMILES string of the molecule is CCC(=O)C(CCSSCCC(C(=O)Nc1cc(COc2cc3c(cc2C)C(=O)N2c4ccccc4C[C@H]2C(O)C3)cc(COc2cc3c(cc2OC)C(=O)N2c4ccccc4C[C@H]2CC3)c1)S(=O)(=O)OC)S(=O)(=O)OC. The molecule has 0 saturated heterocycles. The first-order valence-electron chi connectivity index (χ1n) is 25.4. The molecule has 0 saturated carbocycles. The molecule has 4 aliphatic rings. The van der Waals surface area contributed by atoms with Crippen LogP contribution in [0, 0.1) is 6.92 Å². The lowest BCUT2D eigenvalue weighted by Crippen LogP contribution is -2.43. The maximum atomic E-state index is 14.2. The first-order chi connectivity index (χ1) is 36.9. The minimum absolute atomic E-state index is 0.0100. The van der Waals surface area contributed by atoms with Crippen molar-refractivity contribution < 1.29 is 63.7 Å². The molecule has 5 aromatic rings. The largest absolute Gasteiger partial charge is 0.493 e. The summed E-state index contributed by atoms with van der Waals surface area (Å²) in [6, 6.07) is 27.5. The van der Waals surface area contributed by atoms with E-state index in [-0.39, 0.29) is 73.9 Å². The monoisotopic (exact) mass is 1130 g/mol. The van der Waals surface area contributed by atoms with Crippen molar-refractivity contribution in [3.05, 3.63) is 141 Å². The second-order valence-electron chi connectivity index (χ2n) is 19.4. The Balaban J connectivity index is 0.955. The van der Waals surface area contributed by atoms with Crippen LogP contribution in [-0.2, 0) is 77.1 Å². The molecule has 77 heavy (non-hydrogen) atoms. The normalized spacial score (nSPS) is 18.4. The third-order valence-corrected chi connectivity index (χ3v) is 20.4. The molecule has 4 aliphatic heterocycles. The number of ketones is 1. The topological polar surface area (TPSA) is 221 Å². The third kappa shape index (κ3) is 11.8. The second-order valence-corrected chi connectivity index (χ2v) is 25.9. The number of methoxy groups -OCH3 is 1. The zero-order chi connectivity index (χ0) is 54.8. The summed E-state index contributed by atoms with van der Waals surface area (Å²) in [5, 5.41) is 11.3. The van der Waals surface area contributed by atoms with Gasteiger partial charge in [0.2, 0.25) is 5.91 Å². The average Bonchev–Trinajstić information content (AvgIpc) is 3.95. The highest BCUT2D eigenvalue weighted by molar-refractivity contribution is 8.76. The van der Waals surface area contributed by atoms with Crippen LogP contribution in [0.15, 0.2) is 91.0 Å². The van der Waals surface area contributed by atoms with E-state index in [1.165, 1.54) is 28.7 Å². The summed E-state index contributed by atoms with van der Waals surface area (Å²) in [5.74, 6) is -0.0423. The van der Waals surface area contributed by atoms with Gasteiger partial charge in [-0.25, -0.2) is 0 Å². The maximum absolute atomic E-state index is 14.2. The summed E-state index contributed by atoms with van der Waals surface area (Å²) >= 11 is 0. The zero-order valence-electron chi connectivity index (χ0n) is 43.3. The molecule has 17 nitrogen and oxygen atoms in total. The molecule has 0 aliphatic carbocycles. The second kappa shape index (κ2) is 23.6. The van der Waals surface area contributed by atoms with Crippen molar-refractivity contribution in [3.63, 3.8) is 0 Å². The van der Waals surface area contributed by atoms with Crippen LogP contribution in [0.1, 0.15) is 92.3 Å². The van der Waals surface area contributed by atoms with Crippen molar-refractivity contribution in [2.24, 2.45) is 0 Å². The van der Waals surface area contributed by atoms with E-state index in [9.17, 15) is 41.1 Å². The molecule has 9 rings (SSSR count). The molecule has 3 amide bonds. The molecule has 0 aromatic heterocycles. The number of anilines is 3. The Morgan fingerprint density at radius 1 is 0.688 bits per heavy atom. The van der Waals surface area contributed by atoms with E-state index in [1.807, 2.05) is 66.4 Å². The van der Waals surface area contributed by atoms with Gasteiger partial charge in [-0.2, -0.15) is 16.8 Å². The van der Waals surface area contributed by atoms with E-state index in [0.29, 0.717) is 63.5 Å². The van der Waals surface area contributed by atoms with Crippen molar-refractivity contribution in [2.45, 2.75) is 107 Å². The molecule has 0 radical (unpaired) electrons. The maximum Gasteiger partial charge on any atom is 0.279 e. The Labute approximate surface area is 457 Å². The molecule has 21 heteroatoms. The Kier molecular flexibility index (Phi) is 17.1. The first kappa shape index (κ1) is 55.8. The van der Waals surface area contributed by atoms with Gasteiger partial charge in [0.05, 0.1) is 33.5 Å². The molecule has 4 heterocycles. The lowest BCUT2D eigenvalue weighted by atomic mass is 9.96. The van der Waals surface area contributed by atoms with Crippen LogP contribution in [0.2, 0.25) is 0 Å². The van der Waals surface area contributed by atoms with E-state index in [1.54, 1.807) is 42.2 Å². The third-order valence-electron chi connectivity index (χ3n) is 14.7. The van der Waals surface area contributed by atoms with Gasteiger partial charge in [0.25, 0.3) is 32.1 Å². The number of Topliss-reactive ketones (excluding diaryl/α,β-unsaturated/α-hetero) is 1. The number of benzene rings is 5. The number of para-hydroxylation sites is 2. The number of ether oxygens (including phenoxy) is 3. The number of aliphatic hydroxyl groups excluding tert-OH is 1. The Hall–Kier alpha value is -5.94. The number of rotatable bonds is 22. The smallest absolute Gasteiger partial charge is 0.279 e. The van der Waals surface area contributed by atoms with Gasteiger partial charge in [0, 0.05) is 58.6 Å². The number of hydrogen-bond acceptors (Lipinski definition) is 16. The highest BCUT2D eigenvalue weighted by Gasteiger charge is 2.42. The molecule has 5 aromatic carbocycles. The number of carbonyl (C=O) groups is 4. The summed E-state index contributed by atoms with van der Waals surface area (Å²) in [6.07, 6.45) is 1.92. The molecular formula is C56H61N3O14S4. The van der Waals surface area contributed by atoms with Gasteiger partial charge < -0.3 is 34.4 Å². The highest BCUT2D eigenvalue weighted by atomic mass is 33.1. The van der Waals surface area contributed by atoms with Crippen LogP contribution in [0.5, 0.6) is 17.2 Å². The van der Waals surface area contributed by atoms with Crippen molar-refractivity contribution in [1.29, 1.82) is 0 Å². The summed E-state index contributed by atoms with van der Waals surface area (Å²) in [4.78, 5) is 58.4. The number of aliphatic hydroxyl groups is 1. The predicted octanol–water partition coefficient (Wildman–Crippen LogP) is 7.94. The van der Waals surface area contributed by atoms with Crippen LogP contribution in [0.4, 0.5) is 17.1 Å². The molecule has 2 N–H and O–H groups in total. The van der Waals surface area contributed by atoms with Crippen molar-refractivity contribution in [2.75, 3.05) is 48.0 Å². The fourth-order valence-electron chi connectivity index (χ4n) is 10.7. The van der Waals surface area contributed by atoms with Gasteiger partial charge >= 0.3 is 0 Å². The summed E-state index contributed by atoms with van der Waals surface area (Å²) in [5.41, 5.74) is 8.36. The standard InChI is InChI=1S/C56H61N3O14S4/c1-6-47(60)52(76(65,66)70-4)17-19-74-75-20-18-53(77(67,68)71-5)54(62)57-40-23-34(31-72-49-29-39-27-48(61)46-26-38-12-8-10-14-45(38)59(46)56(64)42(39)21-33(49)2)22-35(24-40)32-73-51-28-36-15-16-41-25-37-11-7-9-13-44(37)58(41)55(63)43(36)30-50(51)69-3/h7-14,21-24,28-30,41,46,48,52-53,61H,6,15-20,25-27,31-32H2,1-5H3,(H,57,62)/t41-,46+,48?,52?,53?/m1/s1. The lowest BCUT2D eigenvalue weighted by Gasteiger charge is -2.26. The van der Waals surface area contributed by atoms with E-state index >= 15 is 0 Å². The van der Waals surface area contributed by atoms with E-state index in [2.05, 4.69) is 15.6 Å². The van der Waals surface area contributed by atoms with Gasteiger partial charge in [-0.3, -0.25) is 27.5 Å². The molecule has 0 bridgehead atoms. The van der Waals surface area contributed by atoms with Gasteiger partial charge in [-0.1, -0.05) is 64.9 Å². The molecular weight excluding hydrogens is 1070 g/mol. The molecule has 0 fully saturated rings. The number of hydrogen-bond donors (Lipinski definition) is 2. The number of carbonyl (C=O) groups excluding carboxylic acids is 4. The summed E-state index contributed by atoms with van der Waals surface area (Å²) < 4.78 is 79.7. The number of aryl methyl sites for hydroxylation is 2. The quantitative estimate of drug-likeness (QED) is 0.0381. The van der Waals surface area contributed by atoms with Gasteiger partial charge in [0.15, 0.2) is 22.5 Å². The van der Waals surface area contributed by atoms with Crippen LogP contribution < -0.4 is 29.3 Å². The minimum Gasteiger partial charge on any atom is -0.493 e. The fourth-order valence-corrected chi connectivity index (χ4v) is 15.3. The molecule has 3 unspecified atom stereocenters. The van der Waals surface area contributed by atoms with Crippen LogP contribution in [-0.4, -0.2) is 107 Å². The van der Waals surface area contributed by atoms with Gasteiger partial charge in [-0.05, 0) is 139 Å². The van der Waals surface area contributed by atoms with Crippen molar-refractivity contribution in [3.8, 4) is 17.2 Å². The minimum atomic E-state index is -4.43. The fraction of sp³-hybridized carbons (Fsp3) is 0.393. The van der Waals surface area contributed by atoms with Crippen molar-refractivity contribution in [1.82, 2.24) is 0 Å². The number of amides is 3. The highest BCUT2D eigenvalue weighted by Crippen LogP contribution is 2.42. The van der Waals surface area contributed by atoms with Crippen LogP contribution in [0.25, 0.3) is 0 Å².